The van der Waals surface area contributed by atoms with Crippen molar-refractivity contribution in [3.8, 4) is 16.9 Å². The molecule has 9 heteroatoms. The molecule has 0 spiro atoms. The van der Waals surface area contributed by atoms with Gasteiger partial charge in [0.05, 0.1) is 28.7 Å². The first-order valence-corrected chi connectivity index (χ1v) is 13.0. The van der Waals surface area contributed by atoms with E-state index in [2.05, 4.69) is 9.71 Å². The van der Waals surface area contributed by atoms with Crippen LogP contribution >= 0.6 is 11.3 Å². The zero-order valence-electron chi connectivity index (χ0n) is 18.6. The average molecular weight is 487 g/mol. The second-order valence-corrected chi connectivity index (χ2v) is 12.2. The van der Waals surface area contributed by atoms with Gasteiger partial charge in [-0.25, -0.2) is 18.1 Å². The van der Waals surface area contributed by atoms with Crippen LogP contribution in [0.25, 0.3) is 11.1 Å². The predicted molar refractivity (Wildman–Crippen MR) is 128 cm³/mol. The summed E-state index contributed by atoms with van der Waals surface area (Å²) >= 11 is 1.52. The number of sulfonamides is 1. The number of amides is 1. The standard InChI is InChI=1S/C24H26N2O5S2/c1-24(2,3)33(29,30)26-23(28)19-7-5-4-6-18(19)15-8-9-20-21(11-15)31-12-16(22(20)27)10-17-13-32-14-25-17/h4-9,11,13-14,16,22,27H,10,12H2,1-3H3,(H,26,28)/t16-,22+/m1/s1. The fraction of sp³-hybridized carbons (Fsp3) is 0.333. The molecule has 1 aliphatic rings. The van der Waals surface area contributed by atoms with E-state index in [0.717, 1.165) is 5.69 Å². The maximum Gasteiger partial charge on any atom is 0.265 e. The number of hydrogen-bond acceptors (Lipinski definition) is 7. The van der Waals surface area contributed by atoms with Gasteiger partial charge in [-0.2, -0.15) is 0 Å². The van der Waals surface area contributed by atoms with E-state index in [4.69, 9.17) is 4.74 Å². The topological polar surface area (TPSA) is 106 Å². The van der Waals surface area contributed by atoms with Crippen LogP contribution in [0.3, 0.4) is 0 Å². The Labute approximate surface area is 197 Å². The normalized spacial score (nSPS) is 18.3. The highest BCUT2D eigenvalue weighted by molar-refractivity contribution is 7.91. The second kappa shape index (κ2) is 8.89. The minimum atomic E-state index is -3.86. The molecule has 3 aromatic rings. The minimum absolute atomic E-state index is 0.105. The van der Waals surface area contributed by atoms with Crippen LogP contribution in [-0.2, 0) is 16.4 Å². The summed E-state index contributed by atoms with van der Waals surface area (Å²) in [6.07, 6.45) is -0.0723. The van der Waals surface area contributed by atoms with Crippen molar-refractivity contribution >= 4 is 27.3 Å². The molecule has 0 bridgehead atoms. The van der Waals surface area contributed by atoms with Crippen molar-refractivity contribution < 1.29 is 23.1 Å². The summed E-state index contributed by atoms with van der Waals surface area (Å²) in [6.45, 7) is 4.94. The minimum Gasteiger partial charge on any atom is -0.493 e. The Morgan fingerprint density at radius 3 is 2.70 bits per heavy atom. The molecule has 0 unspecified atom stereocenters. The first kappa shape index (κ1) is 23.4. The lowest BCUT2D eigenvalue weighted by atomic mass is 9.88. The summed E-state index contributed by atoms with van der Waals surface area (Å²) < 4.78 is 32.0. The van der Waals surface area contributed by atoms with Gasteiger partial charge >= 0.3 is 0 Å². The lowest BCUT2D eigenvalue weighted by molar-refractivity contribution is 0.0504. The van der Waals surface area contributed by atoms with Crippen molar-refractivity contribution in [3.05, 3.63) is 70.2 Å². The maximum atomic E-state index is 12.9. The Bertz CT molecular complexity index is 1260. The fourth-order valence-corrected chi connectivity index (χ4v) is 4.89. The van der Waals surface area contributed by atoms with Gasteiger partial charge in [0, 0.05) is 22.4 Å². The number of thiazole rings is 1. The van der Waals surface area contributed by atoms with E-state index in [9.17, 15) is 18.3 Å². The smallest absolute Gasteiger partial charge is 0.265 e. The lowest BCUT2D eigenvalue weighted by Gasteiger charge is -2.30. The third-order valence-corrected chi connectivity index (χ3v) is 8.40. The van der Waals surface area contributed by atoms with Crippen molar-refractivity contribution in [3.63, 3.8) is 0 Å². The van der Waals surface area contributed by atoms with Crippen LogP contribution in [0.15, 0.2) is 53.4 Å². The highest BCUT2D eigenvalue weighted by Crippen LogP contribution is 2.39. The third-order valence-electron chi connectivity index (χ3n) is 5.70. The molecule has 2 aromatic carbocycles. The van der Waals surface area contributed by atoms with Crippen molar-refractivity contribution in [1.82, 2.24) is 9.71 Å². The molecule has 2 heterocycles. The molecule has 2 N–H and O–H groups in total. The van der Waals surface area contributed by atoms with Crippen LogP contribution in [0.4, 0.5) is 0 Å². The van der Waals surface area contributed by atoms with Crippen LogP contribution in [0.5, 0.6) is 5.75 Å². The van der Waals surface area contributed by atoms with Gasteiger partial charge in [-0.15, -0.1) is 11.3 Å². The van der Waals surface area contributed by atoms with Gasteiger partial charge in [0.15, 0.2) is 0 Å². The third kappa shape index (κ3) is 4.80. The molecule has 0 saturated heterocycles. The molecule has 0 saturated carbocycles. The van der Waals surface area contributed by atoms with E-state index in [0.29, 0.717) is 35.5 Å². The first-order chi connectivity index (χ1) is 15.6. The number of ether oxygens (including phenoxy) is 1. The van der Waals surface area contributed by atoms with Gasteiger partial charge in [-0.3, -0.25) is 4.79 Å². The second-order valence-electron chi connectivity index (χ2n) is 9.05. The van der Waals surface area contributed by atoms with Crippen LogP contribution in [0.2, 0.25) is 0 Å². The molecular weight excluding hydrogens is 460 g/mol. The zero-order valence-corrected chi connectivity index (χ0v) is 20.2. The molecule has 0 fully saturated rings. The van der Waals surface area contributed by atoms with Gasteiger partial charge in [0.2, 0.25) is 10.0 Å². The number of carbonyl (C=O) groups excluding carboxylic acids is 1. The molecule has 174 valence electrons. The van der Waals surface area contributed by atoms with Crippen LogP contribution < -0.4 is 9.46 Å². The zero-order chi connectivity index (χ0) is 23.8. The van der Waals surface area contributed by atoms with E-state index in [1.807, 2.05) is 5.38 Å². The lowest BCUT2D eigenvalue weighted by Crippen LogP contribution is -2.42. The number of hydrogen-bond donors (Lipinski definition) is 2. The molecule has 7 nitrogen and oxygen atoms in total. The highest BCUT2D eigenvalue weighted by atomic mass is 32.2. The highest BCUT2D eigenvalue weighted by Gasteiger charge is 2.32. The summed E-state index contributed by atoms with van der Waals surface area (Å²) in [5, 5.41) is 12.9. The summed E-state index contributed by atoms with van der Waals surface area (Å²) in [5.74, 6) is -0.249. The van der Waals surface area contributed by atoms with E-state index >= 15 is 0 Å². The Morgan fingerprint density at radius 2 is 2.00 bits per heavy atom. The van der Waals surface area contributed by atoms with Gasteiger partial charge < -0.3 is 9.84 Å². The Hall–Kier alpha value is -2.75. The molecule has 4 rings (SSSR count). The first-order valence-electron chi connectivity index (χ1n) is 10.5. The fourth-order valence-electron chi connectivity index (χ4n) is 3.65. The van der Waals surface area contributed by atoms with Gasteiger partial charge in [-0.05, 0) is 50.5 Å². The summed E-state index contributed by atoms with van der Waals surface area (Å²) in [7, 11) is -3.86. The monoisotopic (exact) mass is 486 g/mol. The Kier molecular flexibility index (Phi) is 6.30. The van der Waals surface area contributed by atoms with E-state index < -0.39 is 26.8 Å². The SMILES string of the molecule is CC(C)(C)S(=O)(=O)NC(=O)c1ccccc1-c1ccc2c(c1)OC[C@@H](Cc1cscn1)[C@@H]2O. The quantitative estimate of drug-likeness (QED) is 0.566. The van der Waals surface area contributed by atoms with Gasteiger partial charge in [0.25, 0.3) is 5.91 Å². The van der Waals surface area contributed by atoms with E-state index in [1.165, 1.54) is 32.1 Å². The number of nitrogens with one attached hydrogen (secondary N) is 1. The molecule has 1 aromatic heterocycles. The molecule has 1 amide bonds. The molecule has 2 atom stereocenters. The van der Waals surface area contributed by atoms with Crippen molar-refractivity contribution in [2.45, 2.75) is 38.0 Å². The van der Waals surface area contributed by atoms with Crippen molar-refractivity contribution in [2.24, 2.45) is 5.92 Å². The van der Waals surface area contributed by atoms with Crippen molar-refractivity contribution in [2.75, 3.05) is 6.61 Å². The summed E-state index contributed by atoms with van der Waals surface area (Å²) in [4.78, 5) is 17.2. The van der Waals surface area contributed by atoms with Crippen LogP contribution in [-0.4, -0.2) is 35.8 Å². The van der Waals surface area contributed by atoms with Crippen molar-refractivity contribution in [1.29, 1.82) is 0 Å². The molecule has 0 aliphatic carbocycles. The number of nitrogens with zero attached hydrogens (tertiary/aromatic N) is 1. The average Bonchev–Trinajstić information content (AvgIpc) is 3.27. The molecule has 33 heavy (non-hydrogen) atoms. The van der Waals surface area contributed by atoms with E-state index in [1.54, 1.807) is 48.0 Å². The van der Waals surface area contributed by atoms with Crippen LogP contribution in [0, 0.1) is 5.92 Å². The largest absolute Gasteiger partial charge is 0.493 e. The number of aromatic nitrogens is 1. The number of fused-ring (bicyclic) bond motifs is 1. The Morgan fingerprint density at radius 1 is 1.24 bits per heavy atom. The Balaban J connectivity index is 1.61. The van der Waals surface area contributed by atoms with Gasteiger partial charge in [-0.1, -0.05) is 30.3 Å². The van der Waals surface area contributed by atoms with E-state index in [-0.39, 0.29) is 11.5 Å². The van der Waals surface area contributed by atoms with Crippen LogP contribution in [0.1, 0.15) is 48.5 Å². The molecule has 1 aliphatic heterocycles. The molecular formula is C24H26N2O5S2. The van der Waals surface area contributed by atoms with Gasteiger partial charge in [0.1, 0.15) is 5.75 Å². The molecule has 0 radical (unpaired) electrons. The number of aliphatic hydroxyl groups is 1. The predicted octanol–water partition coefficient (Wildman–Crippen LogP) is 3.95. The number of carbonyl (C=O) groups is 1. The summed E-state index contributed by atoms with van der Waals surface area (Å²) in [6, 6.07) is 12.2. The number of benzene rings is 2. The number of aliphatic hydroxyl groups excluding tert-OH is 1. The number of rotatable bonds is 5. The summed E-state index contributed by atoms with van der Waals surface area (Å²) in [5.41, 5.74) is 4.89. The maximum absolute atomic E-state index is 12.9.